The van der Waals surface area contributed by atoms with E-state index < -0.39 is 5.97 Å². The van der Waals surface area contributed by atoms with Crippen molar-refractivity contribution in [1.29, 1.82) is 0 Å². The van der Waals surface area contributed by atoms with E-state index in [-0.39, 0.29) is 10.4 Å². The summed E-state index contributed by atoms with van der Waals surface area (Å²) in [6.07, 6.45) is 4.29. The first-order valence-electron chi connectivity index (χ1n) is 7.96. The predicted octanol–water partition coefficient (Wildman–Crippen LogP) is 3.80. The highest BCUT2D eigenvalue weighted by Crippen LogP contribution is 2.22. The molecule has 0 radical (unpaired) electrons. The van der Waals surface area contributed by atoms with Gasteiger partial charge in [0.1, 0.15) is 4.88 Å². The van der Waals surface area contributed by atoms with E-state index >= 15 is 0 Å². The summed E-state index contributed by atoms with van der Waals surface area (Å²) in [5.41, 5.74) is 3.59. The number of nitrogens with zero attached hydrogens (tertiary/aromatic N) is 2. The van der Waals surface area contributed by atoms with Crippen LogP contribution in [0.3, 0.4) is 0 Å². The average molecular weight is 354 g/mol. The molecule has 0 bridgehead atoms. The fourth-order valence-electron chi connectivity index (χ4n) is 2.79. The quantitative estimate of drug-likeness (QED) is 0.773. The van der Waals surface area contributed by atoms with Crippen molar-refractivity contribution >= 4 is 34.4 Å². The Kier molecular flexibility index (Phi) is 4.55. The van der Waals surface area contributed by atoms with Crippen molar-refractivity contribution in [2.45, 2.75) is 27.2 Å². The first-order chi connectivity index (χ1) is 11.9. The third kappa shape index (κ3) is 3.00. The summed E-state index contributed by atoms with van der Waals surface area (Å²) in [5, 5.41) is 9.29. The smallest absolute Gasteiger partial charge is 0.347 e. The molecule has 0 aliphatic heterocycles. The van der Waals surface area contributed by atoms with Gasteiger partial charge in [0.2, 0.25) is 0 Å². The Hall–Kier alpha value is -2.73. The van der Waals surface area contributed by atoms with Crippen molar-refractivity contribution in [2.75, 3.05) is 0 Å². The molecule has 25 heavy (non-hydrogen) atoms. The number of benzene rings is 1. The first kappa shape index (κ1) is 17.1. The van der Waals surface area contributed by atoms with E-state index in [4.69, 9.17) is 0 Å². The van der Waals surface area contributed by atoms with Crippen molar-refractivity contribution in [3.8, 4) is 0 Å². The lowest BCUT2D eigenvalue weighted by Gasteiger charge is -2.05. The number of carboxylic acid groups (broad SMARTS) is 1. The van der Waals surface area contributed by atoms with Crippen LogP contribution in [0.1, 0.15) is 44.7 Å². The molecule has 0 aliphatic carbocycles. The second-order valence-electron chi connectivity index (χ2n) is 5.76. The Labute approximate surface area is 148 Å². The van der Waals surface area contributed by atoms with Crippen LogP contribution in [0.2, 0.25) is 0 Å². The Morgan fingerprint density at radius 3 is 2.64 bits per heavy atom. The number of aromatic carboxylic acids is 1. The number of aromatic nitrogens is 2. The fourth-order valence-corrected chi connectivity index (χ4v) is 3.76. The lowest BCUT2D eigenvalue weighted by Crippen LogP contribution is -2.21. The zero-order chi connectivity index (χ0) is 18.1. The number of carboxylic acids is 1. The predicted molar refractivity (Wildman–Crippen MR) is 101 cm³/mol. The Morgan fingerprint density at radius 1 is 1.28 bits per heavy atom. The molecule has 0 spiro atoms. The van der Waals surface area contributed by atoms with Crippen LogP contribution in [0.15, 0.2) is 29.1 Å². The molecule has 128 valence electrons. The summed E-state index contributed by atoms with van der Waals surface area (Å²) in [6.45, 7) is 5.56. The van der Waals surface area contributed by atoms with Gasteiger partial charge < -0.3 is 5.11 Å². The summed E-state index contributed by atoms with van der Waals surface area (Å²) < 4.78 is 1.40. The van der Waals surface area contributed by atoms with Crippen LogP contribution in [0.5, 0.6) is 0 Å². The third-order valence-electron chi connectivity index (χ3n) is 4.19. The van der Waals surface area contributed by atoms with Crippen molar-refractivity contribution in [1.82, 2.24) is 9.38 Å². The maximum absolute atomic E-state index is 12.8. The van der Waals surface area contributed by atoms with Gasteiger partial charge in [0.05, 0.1) is 11.4 Å². The van der Waals surface area contributed by atoms with Crippen LogP contribution >= 0.6 is 11.3 Å². The number of fused-ring (bicyclic) bond motifs is 1. The molecule has 6 heteroatoms. The minimum atomic E-state index is -1.04. The molecule has 2 heterocycles. The Balaban J connectivity index is 2.20. The standard InChI is InChI=1S/C19H18N2O3S/c1-4-14-15(10-9-13-8-6-5-7-11(13)2)20-19-21(17(14)22)12(3)16(25-19)18(23)24/h5-10H,4H2,1-3H3,(H,23,24). The molecule has 2 aromatic heterocycles. The molecule has 1 N–H and O–H groups in total. The van der Waals surface area contributed by atoms with Gasteiger partial charge in [-0.25, -0.2) is 9.78 Å². The van der Waals surface area contributed by atoms with Crippen LogP contribution in [0, 0.1) is 13.8 Å². The number of thiazole rings is 1. The number of hydrogen-bond acceptors (Lipinski definition) is 4. The maximum Gasteiger partial charge on any atom is 0.347 e. The number of aryl methyl sites for hydroxylation is 2. The Bertz CT molecular complexity index is 1060. The molecular weight excluding hydrogens is 336 g/mol. The van der Waals surface area contributed by atoms with Crippen molar-refractivity contribution in [3.63, 3.8) is 0 Å². The van der Waals surface area contributed by atoms with E-state index in [1.54, 1.807) is 6.92 Å². The highest BCUT2D eigenvalue weighted by molar-refractivity contribution is 7.18. The lowest BCUT2D eigenvalue weighted by atomic mass is 10.1. The van der Waals surface area contributed by atoms with E-state index in [1.807, 2.05) is 50.3 Å². The lowest BCUT2D eigenvalue weighted by molar-refractivity contribution is 0.0701. The van der Waals surface area contributed by atoms with E-state index in [1.165, 1.54) is 4.40 Å². The monoisotopic (exact) mass is 354 g/mol. The molecule has 0 aliphatic rings. The van der Waals surface area contributed by atoms with E-state index in [0.29, 0.717) is 28.3 Å². The molecular formula is C19H18N2O3S. The minimum Gasteiger partial charge on any atom is -0.477 e. The van der Waals surface area contributed by atoms with Gasteiger partial charge in [0.25, 0.3) is 5.56 Å². The second-order valence-corrected chi connectivity index (χ2v) is 6.74. The average Bonchev–Trinajstić information content (AvgIpc) is 2.91. The van der Waals surface area contributed by atoms with Gasteiger partial charge in [-0.15, -0.1) is 0 Å². The van der Waals surface area contributed by atoms with Gasteiger partial charge in [-0.05, 0) is 37.5 Å². The number of hydrogen-bond donors (Lipinski definition) is 1. The molecule has 5 nitrogen and oxygen atoms in total. The molecule has 1 aromatic carbocycles. The van der Waals surface area contributed by atoms with Crippen LogP contribution in [0.4, 0.5) is 0 Å². The van der Waals surface area contributed by atoms with E-state index in [9.17, 15) is 14.7 Å². The van der Waals surface area contributed by atoms with Crippen LogP contribution in [-0.2, 0) is 6.42 Å². The van der Waals surface area contributed by atoms with Gasteiger partial charge in [0.15, 0.2) is 4.96 Å². The number of rotatable bonds is 4. The van der Waals surface area contributed by atoms with Crippen LogP contribution < -0.4 is 5.56 Å². The summed E-state index contributed by atoms with van der Waals surface area (Å²) in [4.78, 5) is 29.3. The highest BCUT2D eigenvalue weighted by atomic mass is 32.1. The molecule has 0 fully saturated rings. The molecule has 0 saturated carbocycles. The normalized spacial score (nSPS) is 11.5. The van der Waals surface area contributed by atoms with E-state index in [2.05, 4.69) is 4.98 Å². The molecule has 3 aromatic rings. The molecule has 0 saturated heterocycles. The van der Waals surface area contributed by atoms with Crippen molar-refractivity contribution in [2.24, 2.45) is 0 Å². The largest absolute Gasteiger partial charge is 0.477 e. The summed E-state index contributed by atoms with van der Waals surface area (Å²) in [6, 6.07) is 7.96. The van der Waals surface area contributed by atoms with E-state index in [0.717, 1.165) is 22.5 Å². The zero-order valence-corrected chi connectivity index (χ0v) is 15.1. The van der Waals surface area contributed by atoms with Crippen LogP contribution in [0.25, 0.3) is 17.1 Å². The zero-order valence-electron chi connectivity index (χ0n) is 14.2. The molecule has 3 rings (SSSR count). The maximum atomic E-state index is 12.8. The first-order valence-corrected chi connectivity index (χ1v) is 8.77. The van der Waals surface area contributed by atoms with Crippen molar-refractivity contribution < 1.29 is 9.90 Å². The van der Waals surface area contributed by atoms with Gasteiger partial charge in [-0.3, -0.25) is 9.20 Å². The van der Waals surface area contributed by atoms with Gasteiger partial charge in [0, 0.05) is 5.56 Å². The minimum absolute atomic E-state index is 0.145. The Morgan fingerprint density at radius 2 is 2.00 bits per heavy atom. The third-order valence-corrected chi connectivity index (χ3v) is 5.32. The summed E-state index contributed by atoms with van der Waals surface area (Å²) in [7, 11) is 0. The molecule has 0 unspecified atom stereocenters. The summed E-state index contributed by atoms with van der Waals surface area (Å²) in [5.74, 6) is -1.04. The van der Waals surface area contributed by atoms with Gasteiger partial charge in [-0.2, -0.15) is 0 Å². The van der Waals surface area contributed by atoms with Gasteiger partial charge >= 0.3 is 5.97 Å². The topological polar surface area (TPSA) is 71.7 Å². The molecule has 0 atom stereocenters. The fraction of sp³-hybridized carbons (Fsp3) is 0.211. The highest BCUT2D eigenvalue weighted by Gasteiger charge is 2.19. The second kappa shape index (κ2) is 6.64. The molecule has 0 amide bonds. The summed E-state index contributed by atoms with van der Waals surface area (Å²) >= 11 is 1.02. The number of carbonyl (C=O) groups is 1. The SMILES string of the molecule is CCc1c(C=Cc2ccccc2C)nc2sc(C(=O)O)c(C)n2c1=O. The van der Waals surface area contributed by atoms with Crippen molar-refractivity contribution in [3.05, 3.63) is 67.6 Å². The van der Waals surface area contributed by atoms with Gasteiger partial charge in [-0.1, -0.05) is 48.6 Å². The van der Waals surface area contributed by atoms with Crippen LogP contribution in [-0.4, -0.2) is 20.5 Å².